The standard InChI is InChI=1S/C10H10FN3O3/c11-8-5-7(14(16)17)1-2-9(8)13-4-3-12-10(15)6-13/h1-2,5H,3-4,6H2,(H,12,15). The van der Waals surface area contributed by atoms with E-state index in [-0.39, 0.29) is 23.8 Å². The number of hydrogen-bond donors (Lipinski definition) is 1. The van der Waals surface area contributed by atoms with Crippen molar-refractivity contribution in [3.8, 4) is 0 Å². The lowest BCUT2D eigenvalue weighted by molar-refractivity contribution is -0.385. The Bertz CT molecular complexity index is 478. The summed E-state index contributed by atoms with van der Waals surface area (Å²) in [6.45, 7) is 0.991. The number of nitrogens with one attached hydrogen (secondary N) is 1. The molecule has 0 aliphatic carbocycles. The molecule has 7 heteroatoms. The molecule has 90 valence electrons. The number of halogens is 1. The van der Waals surface area contributed by atoms with Crippen LogP contribution in [0, 0.1) is 15.9 Å². The maximum atomic E-state index is 13.6. The molecule has 1 N–H and O–H groups in total. The molecule has 0 bridgehead atoms. The van der Waals surface area contributed by atoms with E-state index in [0.29, 0.717) is 13.1 Å². The van der Waals surface area contributed by atoms with Gasteiger partial charge in [-0.1, -0.05) is 0 Å². The van der Waals surface area contributed by atoms with Crippen LogP contribution in [-0.4, -0.2) is 30.5 Å². The fourth-order valence-corrected chi connectivity index (χ4v) is 1.71. The fraction of sp³-hybridized carbons (Fsp3) is 0.300. The Hall–Kier alpha value is -2.18. The van der Waals surface area contributed by atoms with Gasteiger partial charge >= 0.3 is 0 Å². The van der Waals surface area contributed by atoms with E-state index in [0.717, 1.165) is 6.07 Å². The first-order valence-corrected chi connectivity index (χ1v) is 5.03. The Kier molecular flexibility index (Phi) is 2.90. The van der Waals surface area contributed by atoms with Crippen LogP contribution < -0.4 is 10.2 Å². The summed E-state index contributed by atoms with van der Waals surface area (Å²) in [5.41, 5.74) is -0.0850. The van der Waals surface area contributed by atoms with Crippen LogP contribution in [0.3, 0.4) is 0 Å². The summed E-state index contributed by atoms with van der Waals surface area (Å²) in [6.07, 6.45) is 0. The summed E-state index contributed by atoms with van der Waals surface area (Å²) in [5, 5.41) is 13.1. The first-order valence-electron chi connectivity index (χ1n) is 5.03. The molecular weight excluding hydrogens is 229 g/mol. The lowest BCUT2D eigenvalue weighted by Crippen LogP contribution is -2.48. The van der Waals surface area contributed by atoms with Gasteiger partial charge in [0.05, 0.1) is 23.2 Å². The van der Waals surface area contributed by atoms with Crippen molar-refractivity contribution in [2.75, 3.05) is 24.5 Å². The number of non-ortho nitro benzene ring substituents is 1. The van der Waals surface area contributed by atoms with Gasteiger partial charge in [0.2, 0.25) is 5.91 Å². The van der Waals surface area contributed by atoms with Crippen molar-refractivity contribution in [2.45, 2.75) is 0 Å². The van der Waals surface area contributed by atoms with Crippen molar-refractivity contribution in [1.29, 1.82) is 0 Å². The van der Waals surface area contributed by atoms with Crippen LogP contribution in [0.1, 0.15) is 0 Å². The Labute approximate surface area is 96.2 Å². The maximum absolute atomic E-state index is 13.6. The Morgan fingerprint density at radius 2 is 2.24 bits per heavy atom. The monoisotopic (exact) mass is 239 g/mol. The summed E-state index contributed by atoms with van der Waals surface area (Å²) >= 11 is 0. The molecule has 0 saturated carbocycles. The van der Waals surface area contributed by atoms with Crippen molar-refractivity contribution in [1.82, 2.24) is 5.32 Å². The van der Waals surface area contributed by atoms with Gasteiger partial charge in [-0.05, 0) is 6.07 Å². The van der Waals surface area contributed by atoms with Crippen LogP contribution in [0.25, 0.3) is 0 Å². The number of hydrogen-bond acceptors (Lipinski definition) is 4. The van der Waals surface area contributed by atoms with Gasteiger partial charge in [-0.15, -0.1) is 0 Å². The highest BCUT2D eigenvalue weighted by Crippen LogP contribution is 2.24. The van der Waals surface area contributed by atoms with E-state index in [9.17, 15) is 19.3 Å². The van der Waals surface area contributed by atoms with Crippen LogP contribution in [-0.2, 0) is 4.79 Å². The van der Waals surface area contributed by atoms with Crippen LogP contribution in [0.4, 0.5) is 15.8 Å². The maximum Gasteiger partial charge on any atom is 0.272 e. The summed E-state index contributed by atoms with van der Waals surface area (Å²) in [7, 11) is 0. The van der Waals surface area contributed by atoms with Crippen molar-refractivity contribution >= 4 is 17.3 Å². The summed E-state index contributed by atoms with van der Waals surface area (Å²) < 4.78 is 13.6. The third-order valence-electron chi connectivity index (χ3n) is 2.52. The average Bonchev–Trinajstić information content (AvgIpc) is 2.28. The summed E-state index contributed by atoms with van der Waals surface area (Å²) in [6, 6.07) is 3.42. The number of piperazine rings is 1. The van der Waals surface area contributed by atoms with Crippen molar-refractivity contribution in [3.05, 3.63) is 34.1 Å². The zero-order valence-corrected chi connectivity index (χ0v) is 8.85. The molecule has 0 radical (unpaired) electrons. The predicted octanol–water partition coefficient (Wildman–Crippen LogP) is 0.670. The molecule has 1 aliphatic heterocycles. The Morgan fingerprint density at radius 1 is 1.47 bits per heavy atom. The minimum Gasteiger partial charge on any atom is -0.358 e. The van der Waals surface area contributed by atoms with Gasteiger partial charge in [0.15, 0.2) is 5.82 Å². The van der Waals surface area contributed by atoms with Crippen molar-refractivity contribution < 1.29 is 14.1 Å². The molecule has 1 aromatic rings. The highest BCUT2D eigenvalue weighted by molar-refractivity contribution is 5.82. The average molecular weight is 239 g/mol. The molecule has 1 aromatic carbocycles. The lowest BCUT2D eigenvalue weighted by Gasteiger charge is -2.28. The van der Waals surface area contributed by atoms with E-state index < -0.39 is 10.7 Å². The number of carbonyl (C=O) groups excluding carboxylic acids is 1. The van der Waals surface area contributed by atoms with Gasteiger partial charge in [0, 0.05) is 19.2 Å². The molecule has 0 aromatic heterocycles. The molecule has 0 atom stereocenters. The molecule has 1 saturated heterocycles. The third kappa shape index (κ3) is 2.32. The van der Waals surface area contributed by atoms with Crippen molar-refractivity contribution in [2.24, 2.45) is 0 Å². The lowest BCUT2D eigenvalue weighted by atomic mass is 10.2. The molecule has 6 nitrogen and oxygen atoms in total. The quantitative estimate of drug-likeness (QED) is 0.608. The van der Waals surface area contributed by atoms with E-state index >= 15 is 0 Å². The number of nitrogens with zero attached hydrogens (tertiary/aromatic N) is 2. The third-order valence-corrected chi connectivity index (χ3v) is 2.52. The number of nitro groups is 1. The first-order chi connectivity index (χ1) is 8.08. The molecule has 1 amide bonds. The van der Waals surface area contributed by atoms with Crippen LogP contribution in [0.2, 0.25) is 0 Å². The zero-order valence-electron chi connectivity index (χ0n) is 8.85. The predicted molar refractivity (Wildman–Crippen MR) is 58.3 cm³/mol. The van der Waals surface area contributed by atoms with Crippen LogP contribution in [0.15, 0.2) is 18.2 Å². The summed E-state index contributed by atoms with van der Waals surface area (Å²) in [4.78, 5) is 22.5. The smallest absolute Gasteiger partial charge is 0.272 e. The van der Waals surface area contributed by atoms with Gasteiger partial charge in [0.1, 0.15) is 0 Å². The highest BCUT2D eigenvalue weighted by atomic mass is 19.1. The molecule has 1 aliphatic rings. The number of amides is 1. The Balaban J connectivity index is 2.26. The van der Waals surface area contributed by atoms with E-state index in [1.54, 1.807) is 4.90 Å². The van der Waals surface area contributed by atoms with Gasteiger partial charge in [-0.25, -0.2) is 4.39 Å². The fourth-order valence-electron chi connectivity index (χ4n) is 1.71. The Morgan fingerprint density at radius 3 is 2.82 bits per heavy atom. The molecule has 0 unspecified atom stereocenters. The summed E-state index contributed by atoms with van der Waals surface area (Å²) in [5.74, 6) is -0.872. The molecule has 1 fully saturated rings. The van der Waals surface area contributed by atoms with E-state index in [2.05, 4.69) is 5.32 Å². The van der Waals surface area contributed by atoms with Gasteiger partial charge in [0.25, 0.3) is 5.69 Å². The van der Waals surface area contributed by atoms with E-state index in [1.807, 2.05) is 0 Å². The largest absolute Gasteiger partial charge is 0.358 e. The molecular formula is C10H10FN3O3. The minimum atomic E-state index is -0.686. The molecule has 1 heterocycles. The van der Waals surface area contributed by atoms with Crippen molar-refractivity contribution in [3.63, 3.8) is 0 Å². The van der Waals surface area contributed by atoms with Crippen LogP contribution in [0.5, 0.6) is 0 Å². The second-order valence-corrected chi connectivity index (χ2v) is 3.66. The number of benzene rings is 1. The zero-order chi connectivity index (χ0) is 12.4. The van der Waals surface area contributed by atoms with Gasteiger partial charge in [-0.2, -0.15) is 0 Å². The van der Waals surface area contributed by atoms with Gasteiger partial charge < -0.3 is 10.2 Å². The second kappa shape index (κ2) is 4.36. The minimum absolute atomic E-state index is 0.0642. The molecule has 2 rings (SSSR count). The SMILES string of the molecule is O=C1CN(c2ccc([N+](=O)[O-])cc2F)CCN1. The number of rotatable bonds is 2. The second-order valence-electron chi connectivity index (χ2n) is 3.66. The normalized spacial score (nSPS) is 15.6. The number of nitro benzene ring substituents is 1. The highest BCUT2D eigenvalue weighted by Gasteiger charge is 2.20. The van der Waals surface area contributed by atoms with Gasteiger partial charge in [-0.3, -0.25) is 14.9 Å². The van der Waals surface area contributed by atoms with Crippen LogP contribution >= 0.6 is 0 Å². The number of anilines is 1. The molecule has 0 spiro atoms. The first kappa shape index (κ1) is 11.3. The topological polar surface area (TPSA) is 75.5 Å². The molecule has 17 heavy (non-hydrogen) atoms. The van der Waals surface area contributed by atoms with E-state index in [4.69, 9.17) is 0 Å². The number of carbonyl (C=O) groups is 1. The van der Waals surface area contributed by atoms with E-state index in [1.165, 1.54) is 12.1 Å².